The zero-order chi connectivity index (χ0) is 19.1. The third-order valence-electron chi connectivity index (χ3n) is 3.76. The van der Waals surface area contributed by atoms with E-state index in [2.05, 4.69) is 20.9 Å². The molecule has 0 saturated carbocycles. The molecule has 8 heteroatoms. The van der Waals surface area contributed by atoms with Gasteiger partial charge in [0.2, 0.25) is 6.10 Å². The van der Waals surface area contributed by atoms with Gasteiger partial charge in [0.05, 0.1) is 0 Å². The highest BCUT2D eigenvalue weighted by atomic mass is 16.6. The molecule has 1 aromatic carbocycles. The van der Waals surface area contributed by atoms with Crippen LogP contribution in [-0.2, 0) is 14.4 Å². The number of carbonyl (C=O) groups excluding carboxylic acids is 2. The van der Waals surface area contributed by atoms with Crippen LogP contribution in [0.5, 0.6) is 0 Å². The van der Waals surface area contributed by atoms with Crippen LogP contribution in [0.4, 0.5) is 11.5 Å². The SMILES string of the molecule is CCC(ON=CC(=O)Nc1cccc(C)c1C)C(=O)Nc1cc(C)on1. The standard InChI is InChI=1S/C18H22N4O4/c1-5-15(18(24)21-16-9-12(3)25-22-16)26-19-10-17(23)20-14-8-6-7-11(2)13(14)4/h6-10,15H,5H2,1-4H3,(H,20,23)(H,21,22,24). The zero-order valence-electron chi connectivity index (χ0n) is 15.2. The number of rotatable bonds is 7. The highest BCUT2D eigenvalue weighted by Crippen LogP contribution is 2.17. The van der Waals surface area contributed by atoms with Crippen molar-refractivity contribution >= 4 is 29.5 Å². The van der Waals surface area contributed by atoms with E-state index in [4.69, 9.17) is 9.36 Å². The van der Waals surface area contributed by atoms with Crippen molar-refractivity contribution in [3.63, 3.8) is 0 Å². The van der Waals surface area contributed by atoms with E-state index in [-0.39, 0.29) is 0 Å². The van der Waals surface area contributed by atoms with E-state index in [0.29, 0.717) is 23.7 Å². The molecule has 2 rings (SSSR count). The first kappa shape index (κ1) is 19.2. The number of aromatic nitrogens is 1. The fourth-order valence-electron chi connectivity index (χ4n) is 2.14. The molecule has 0 aliphatic heterocycles. The predicted molar refractivity (Wildman–Crippen MR) is 98.1 cm³/mol. The quantitative estimate of drug-likeness (QED) is 0.585. The first-order valence-corrected chi connectivity index (χ1v) is 8.21. The topological polar surface area (TPSA) is 106 Å². The third kappa shape index (κ3) is 5.17. The van der Waals surface area contributed by atoms with Crippen LogP contribution >= 0.6 is 0 Å². The molecule has 0 aliphatic rings. The van der Waals surface area contributed by atoms with E-state index < -0.39 is 17.9 Å². The van der Waals surface area contributed by atoms with Gasteiger partial charge in [0.1, 0.15) is 12.0 Å². The van der Waals surface area contributed by atoms with E-state index in [1.54, 1.807) is 26.0 Å². The lowest BCUT2D eigenvalue weighted by Gasteiger charge is -2.11. The second-order valence-corrected chi connectivity index (χ2v) is 5.79. The highest BCUT2D eigenvalue weighted by Gasteiger charge is 2.19. The lowest BCUT2D eigenvalue weighted by molar-refractivity contribution is -0.127. The molecule has 0 aliphatic carbocycles. The number of aryl methyl sites for hydroxylation is 2. The van der Waals surface area contributed by atoms with Gasteiger partial charge in [0.25, 0.3) is 11.8 Å². The van der Waals surface area contributed by atoms with Gasteiger partial charge in [-0.25, -0.2) is 0 Å². The molecule has 1 aromatic heterocycles. The Morgan fingerprint density at radius 1 is 1.31 bits per heavy atom. The minimum atomic E-state index is -0.850. The largest absolute Gasteiger partial charge is 0.382 e. The van der Waals surface area contributed by atoms with Crippen molar-refractivity contribution in [3.05, 3.63) is 41.2 Å². The maximum Gasteiger partial charge on any atom is 0.270 e. The van der Waals surface area contributed by atoms with Gasteiger partial charge >= 0.3 is 0 Å². The Morgan fingerprint density at radius 2 is 2.08 bits per heavy atom. The number of anilines is 2. The van der Waals surface area contributed by atoms with E-state index in [9.17, 15) is 9.59 Å². The average Bonchev–Trinajstić information content (AvgIpc) is 3.00. The summed E-state index contributed by atoms with van der Waals surface area (Å²) in [6.07, 6.45) is 0.521. The van der Waals surface area contributed by atoms with Crippen molar-refractivity contribution in [3.8, 4) is 0 Å². The number of nitrogens with zero attached hydrogens (tertiary/aromatic N) is 2. The molecule has 1 heterocycles. The predicted octanol–water partition coefficient (Wildman–Crippen LogP) is 2.96. The highest BCUT2D eigenvalue weighted by molar-refractivity contribution is 6.31. The Hall–Kier alpha value is -3.16. The molecule has 2 N–H and O–H groups in total. The summed E-state index contributed by atoms with van der Waals surface area (Å²) in [4.78, 5) is 29.2. The third-order valence-corrected chi connectivity index (χ3v) is 3.76. The summed E-state index contributed by atoms with van der Waals surface area (Å²) < 4.78 is 4.88. The van der Waals surface area contributed by atoms with Crippen LogP contribution in [-0.4, -0.2) is 29.3 Å². The average molecular weight is 358 g/mol. The number of hydrogen-bond donors (Lipinski definition) is 2. The Balaban J connectivity index is 1.89. The Kier molecular flexibility index (Phi) is 6.48. The van der Waals surface area contributed by atoms with Crippen LogP contribution in [0.1, 0.15) is 30.2 Å². The molecule has 138 valence electrons. The van der Waals surface area contributed by atoms with Crippen LogP contribution < -0.4 is 10.6 Å². The lowest BCUT2D eigenvalue weighted by Crippen LogP contribution is -2.29. The molecule has 26 heavy (non-hydrogen) atoms. The number of amides is 2. The molecule has 2 aromatic rings. The van der Waals surface area contributed by atoms with Crippen molar-refractivity contribution < 1.29 is 18.9 Å². The van der Waals surface area contributed by atoms with Crippen LogP contribution in [0.15, 0.2) is 33.9 Å². The van der Waals surface area contributed by atoms with Gasteiger partial charge in [-0.1, -0.05) is 29.4 Å². The fraction of sp³-hybridized carbons (Fsp3) is 0.333. The Morgan fingerprint density at radius 3 is 2.73 bits per heavy atom. The summed E-state index contributed by atoms with van der Waals surface area (Å²) in [6.45, 7) is 7.37. The molecular weight excluding hydrogens is 336 g/mol. The van der Waals surface area contributed by atoms with Crippen LogP contribution in [0.3, 0.4) is 0 Å². The summed E-state index contributed by atoms with van der Waals surface area (Å²) in [6, 6.07) is 7.21. The summed E-state index contributed by atoms with van der Waals surface area (Å²) in [7, 11) is 0. The van der Waals surface area contributed by atoms with Crippen molar-refractivity contribution in [2.24, 2.45) is 5.16 Å². The minimum Gasteiger partial charge on any atom is -0.382 e. The van der Waals surface area contributed by atoms with Gasteiger partial charge in [-0.15, -0.1) is 0 Å². The molecule has 2 amide bonds. The molecule has 1 atom stereocenters. The summed E-state index contributed by atoms with van der Waals surface area (Å²) in [5, 5.41) is 12.6. The minimum absolute atomic E-state index is 0.297. The smallest absolute Gasteiger partial charge is 0.270 e. The summed E-state index contributed by atoms with van der Waals surface area (Å²) >= 11 is 0. The lowest BCUT2D eigenvalue weighted by atomic mass is 10.1. The van der Waals surface area contributed by atoms with E-state index in [0.717, 1.165) is 17.3 Å². The fourth-order valence-corrected chi connectivity index (χ4v) is 2.14. The molecule has 0 saturated heterocycles. The number of benzene rings is 1. The summed E-state index contributed by atoms with van der Waals surface area (Å²) in [5.74, 6) is 0.00979. The second kappa shape index (κ2) is 8.80. The van der Waals surface area contributed by atoms with Gasteiger partial charge < -0.3 is 20.0 Å². The molecule has 8 nitrogen and oxygen atoms in total. The van der Waals surface area contributed by atoms with E-state index >= 15 is 0 Å². The van der Waals surface area contributed by atoms with Gasteiger partial charge in [0.15, 0.2) is 5.82 Å². The monoisotopic (exact) mass is 358 g/mol. The molecule has 0 radical (unpaired) electrons. The maximum atomic E-state index is 12.1. The summed E-state index contributed by atoms with van der Waals surface area (Å²) in [5.41, 5.74) is 2.75. The van der Waals surface area contributed by atoms with Gasteiger partial charge in [-0.2, -0.15) is 0 Å². The molecule has 0 spiro atoms. The van der Waals surface area contributed by atoms with E-state index in [1.165, 1.54) is 0 Å². The van der Waals surface area contributed by atoms with Crippen molar-refractivity contribution in [1.82, 2.24) is 5.16 Å². The number of nitrogens with one attached hydrogen (secondary N) is 2. The van der Waals surface area contributed by atoms with Crippen molar-refractivity contribution in [2.75, 3.05) is 10.6 Å². The molecule has 1 unspecified atom stereocenters. The number of hydrogen-bond acceptors (Lipinski definition) is 6. The number of carbonyl (C=O) groups is 2. The first-order valence-electron chi connectivity index (χ1n) is 8.21. The first-order chi connectivity index (χ1) is 12.4. The zero-order valence-corrected chi connectivity index (χ0v) is 15.2. The van der Waals surface area contributed by atoms with Gasteiger partial charge in [0, 0.05) is 11.8 Å². The second-order valence-electron chi connectivity index (χ2n) is 5.79. The van der Waals surface area contributed by atoms with Crippen molar-refractivity contribution in [1.29, 1.82) is 0 Å². The van der Waals surface area contributed by atoms with Gasteiger partial charge in [-0.3, -0.25) is 9.59 Å². The normalized spacial score (nSPS) is 12.0. The van der Waals surface area contributed by atoms with Crippen LogP contribution in [0.2, 0.25) is 0 Å². The molecule has 0 fully saturated rings. The number of oxime groups is 1. The maximum absolute atomic E-state index is 12.1. The molecular formula is C18H22N4O4. The van der Waals surface area contributed by atoms with Gasteiger partial charge in [-0.05, 0) is 44.4 Å². The van der Waals surface area contributed by atoms with E-state index in [1.807, 2.05) is 26.0 Å². The van der Waals surface area contributed by atoms with Crippen molar-refractivity contribution in [2.45, 2.75) is 40.2 Å². The van der Waals surface area contributed by atoms with Crippen LogP contribution in [0, 0.1) is 20.8 Å². The Labute approximate surface area is 151 Å². The van der Waals surface area contributed by atoms with Crippen LogP contribution in [0.25, 0.3) is 0 Å². The Bertz CT molecular complexity index is 813. The molecule has 0 bridgehead atoms.